The van der Waals surface area contributed by atoms with Crippen molar-refractivity contribution in [1.29, 1.82) is 0 Å². The number of hydrogen-bond acceptors (Lipinski definition) is 4. The average molecular weight is 252 g/mol. The van der Waals surface area contributed by atoms with Gasteiger partial charge in [-0.15, -0.1) is 0 Å². The SMILES string of the molecule is CC(C)(C)OC(=O)NCC1(n2cc(N)cn2)CC1. The second-order valence-electron chi connectivity index (χ2n) is 5.80. The van der Waals surface area contributed by atoms with E-state index in [4.69, 9.17) is 10.5 Å². The zero-order chi connectivity index (χ0) is 13.4. The summed E-state index contributed by atoms with van der Waals surface area (Å²) in [6.45, 7) is 6.04. The molecule has 100 valence electrons. The van der Waals surface area contributed by atoms with E-state index < -0.39 is 11.7 Å². The highest BCUT2D eigenvalue weighted by Gasteiger charge is 2.45. The number of aromatic nitrogens is 2. The van der Waals surface area contributed by atoms with Gasteiger partial charge in [-0.3, -0.25) is 4.68 Å². The van der Waals surface area contributed by atoms with Crippen LogP contribution in [0.1, 0.15) is 33.6 Å². The number of nitrogens with one attached hydrogen (secondary N) is 1. The molecule has 1 aromatic heterocycles. The van der Waals surface area contributed by atoms with Gasteiger partial charge in [0, 0.05) is 12.7 Å². The molecule has 0 unspecified atom stereocenters. The second-order valence-corrected chi connectivity index (χ2v) is 5.80. The van der Waals surface area contributed by atoms with E-state index in [0.29, 0.717) is 12.2 Å². The summed E-state index contributed by atoms with van der Waals surface area (Å²) in [5.41, 5.74) is 5.69. The lowest BCUT2D eigenvalue weighted by Gasteiger charge is -2.22. The Morgan fingerprint density at radius 2 is 2.28 bits per heavy atom. The fourth-order valence-corrected chi connectivity index (χ4v) is 1.78. The Kier molecular flexibility index (Phi) is 2.96. The number of rotatable bonds is 3. The summed E-state index contributed by atoms with van der Waals surface area (Å²) >= 11 is 0. The quantitative estimate of drug-likeness (QED) is 0.853. The van der Waals surface area contributed by atoms with Gasteiger partial charge in [0.2, 0.25) is 0 Å². The van der Waals surface area contributed by atoms with Gasteiger partial charge in [0.1, 0.15) is 5.60 Å². The fraction of sp³-hybridized carbons (Fsp3) is 0.667. The minimum atomic E-state index is -0.475. The van der Waals surface area contributed by atoms with Crippen molar-refractivity contribution in [3.63, 3.8) is 0 Å². The van der Waals surface area contributed by atoms with Crippen molar-refractivity contribution in [2.75, 3.05) is 12.3 Å². The predicted octanol–water partition coefficient (Wildman–Crippen LogP) is 1.48. The fourth-order valence-electron chi connectivity index (χ4n) is 1.78. The van der Waals surface area contributed by atoms with E-state index in [9.17, 15) is 4.79 Å². The van der Waals surface area contributed by atoms with Gasteiger partial charge in [0.15, 0.2) is 0 Å². The van der Waals surface area contributed by atoms with E-state index >= 15 is 0 Å². The van der Waals surface area contributed by atoms with E-state index in [-0.39, 0.29) is 5.54 Å². The molecule has 0 aliphatic heterocycles. The summed E-state index contributed by atoms with van der Waals surface area (Å²) in [6, 6.07) is 0. The van der Waals surface area contributed by atoms with Crippen molar-refractivity contribution < 1.29 is 9.53 Å². The molecule has 1 aliphatic carbocycles. The van der Waals surface area contributed by atoms with Crippen molar-refractivity contribution in [3.05, 3.63) is 12.4 Å². The van der Waals surface area contributed by atoms with Crippen LogP contribution in [0.25, 0.3) is 0 Å². The zero-order valence-corrected chi connectivity index (χ0v) is 11.1. The Labute approximate surface area is 106 Å². The molecule has 2 rings (SSSR count). The molecular formula is C12H20N4O2. The van der Waals surface area contributed by atoms with E-state index in [0.717, 1.165) is 12.8 Å². The van der Waals surface area contributed by atoms with Crippen LogP contribution in [0.3, 0.4) is 0 Å². The summed E-state index contributed by atoms with van der Waals surface area (Å²) in [4.78, 5) is 11.6. The summed E-state index contributed by atoms with van der Waals surface area (Å²) in [5.74, 6) is 0. The van der Waals surface area contributed by atoms with Gasteiger partial charge in [0.25, 0.3) is 0 Å². The van der Waals surface area contributed by atoms with E-state index in [1.165, 1.54) is 0 Å². The summed E-state index contributed by atoms with van der Waals surface area (Å²) < 4.78 is 7.03. The zero-order valence-electron chi connectivity index (χ0n) is 11.1. The smallest absolute Gasteiger partial charge is 0.407 e. The Morgan fingerprint density at radius 1 is 1.61 bits per heavy atom. The lowest BCUT2D eigenvalue weighted by atomic mass is 10.2. The molecule has 6 heteroatoms. The topological polar surface area (TPSA) is 82.2 Å². The number of nitrogen functional groups attached to an aromatic ring is 1. The van der Waals surface area contributed by atoms with Crippen LogP contribution in [0.4, 0.5) is 10.5 Å². The molecule has 0 bridgehead atoms. The van der Waals surface area contributed by atoms with Crippen molar-refractivity contribution in [2.45, 2.75) is 44.8 Å². The van der Waals surface area contributed by atoms with Gasteiger partial charge < -0.3 is 15.8 Å². The molecule has 3 N–H and O–H groups in total. The number of ether oxygens (including phenoxy) is 1. The molecule has 0 radical (unpaired) electrons. The van der Waals surface area contributed by atoms with Crippen LogP contribution in [0.15, 0.2) is 12.4 Å². The molecule has 18 heavy (non-hydrogen) atoms. The number of carbonyl (C=O) groups excluding carboxylic acids is 1. The average Bonchev–Trinajstić information content (AvgIpc) is 2.90. The number of anilines is 1. The molecule has 1 amide bonds. The number of nitrogens with two attached hydrogens (primary N) is 1. The van der Waals surface area contributed by atoms with Crippen LogP contribution >= 0.6 is 0 Å². The number of carbonyl (C=O) groups is 1. The first-order valence-corrected chi connectivity index (χ1v) is 6.08. The Morgan fingerprint density at radius 3 is 2.72 bits per heavy atom. The number of amides is 1. The number of nitrogens with zero attached hydrogens (tertiary/aromatic N) is 2. The Hall–Kier alpha value is -1.72. The third-order valence-electron chi connectivity index (χ3n) is 2.88. The molecule has 1 aliphatic rings. The maximum absolute atomic E-state index is 11.6. The van der Waals surface area contributed by atoms with Crippen LogP contribution < -0.4 is 11.1 Å². The third-order valence-corrected chi connectivity index (χ3v) is 2.88. The number of alkyl carbamates (subject to hydrolysis) is 1. The van der Waals surface area contributed by atoms with Gasteiger partial charge in [-0.05, 0) is 33.6 Å². The maximum Gasteiger partial charge on any atom is 0.407 e. The van der Waals surface area contributed by atoms with Crippen molar-refractivity contribution in [1.82, 2.24) is 15.1 Å². The molecule has 1 fully saturated rings. The highest BCUT2D eigenvalue weighted by atomic mass is 16.6. The van der Waals surface area contributed by atoms with E-state index in [1.54, 1.807) is 12.4 Å². The minimum absolute atomic E-state index is 0.117. The summed E-state index contributed by atoms with van der Waals surface area (Å²) in [6.07, 6.45) is 5.00. The van der Waals surface area contributed by atoms with Crippen LogP contribution in [-0.2, 0) is 10.3 Å². The Bertz CT molecular complexity index is 443. The molecule has 6 nitrogen and oxygen atoms in total. The second kappa shape index (κ2) is 4.19. The predicted molar refractivity (Wildman–Crippen MR) is 68.1 cm³/mol. The van der Waals surface area contributed by atoms with E-state index in [2.05, 4.69) is 10.4 Å². The molecule has 1 saturated carbocycles. The molecule has 0 atom stereocenters. The molecule has 1 aromatic rings. The minimum Gasteiger partial charge on any atom is -0.444 e. The van der Waals surface area contributed by atoms with Gasteiger partial charge in [-0.1, -0.05) is 0 Å². The largest absolute Gasteiger partial charge is 0.444 e. The summed E-state index contributed by atoms with van der Waals surface area (Å²) in [7, 11) is 0. The monoisotopic (exact) mass is 252 g/mol. The molecule has 0 saturated heterocycles. The summed E-state index contributed by atoms with van der Waals surface area (Å²) in [5, 5.41) is 6.99. The first-order valence-electron chi connectivity index (χ1n) is 6.08. The van der Waals surface area contributed by atoms with E-state index in [1.807, 2.05) is 25.5 Å². The van der Waals surface area contributed by atoms with Crippen molar-refractivity contribution in [3.8, 4) is 0 Å². The van der Waals surface area contributed by atoms with Crippen molar-refractivity contribution >= 4 is 11.8 Å². The van der Waals surface area contributed by atoms with Crippen LogP contribution in [0.5, 0.6) is 0 Å². The third kappa shape index (κ3) is 2.94. The van der Waals surface area contributed by atoms with Gasteiger partial charge in [-0.25, -0.2) is 4.79 Å². The lowest BCUT2D eigenvalue weighted by molar-refractivity contribution is 0.0516. The van der Waals surface area contributed by atoms with Gasteiger partial charge >= 0.3 is 6.09 Å². The maximum atomic E-state index is 11.6. The molecule has 1 heterocycles. The first kappa shape index (κ1) is 12.7. The molecular weight excluding hydrogens is 232 g/mol. The van der Waals surface area contributed by atoms with Crippen LogP contribution in [-0.4, -0.2) is 28.0 Å². The van der Waals surface area contributed by atoms with Gasteiger partial charge in [0.05, 0.1) is 17.4 Å². The molecule has 0 aromatic carbocycles. The lowest BCUT2D eigenvalue weighted by Crippen LogP contribution is -2.39. The first-order chi connectivity index (χ1) is 8.31. The van der Waals surface area contributed by atoms with Crippen LogP contribution in [0.2, 0.25) is 0 Å². The number of hydrogen-bond donors (Lipinski definition) is 2. The van der Waals surface area contributed by atoms with Gasteiger partial charge in [-0.2, -0.15) is 5.10 Å². The molecule has 0 spiro atoms. The highest BCUT2D eigenvalue weighted by molar-refractivity contribution is 5.67. The van der Waals surface area contributed by atoms with Crippen LogP contribution in [0, 0.1) is 0 Å². The Balaban J connectivity index is 1.89. The normalized spacial score (nSPS) is 17.3. The van der Waals surface area contributed by atoms with Crippen molar-refractivity contribution in [2.24, 2.45) is 0 Å². The highest BCUT2D eigenvalue weighted by Crippen LogP contribution is 2.42. The standard InChI is InChI=1S/C12H20N4O2/c1-11(2,3)18-10(17)14-8-12(4-5-12)16-7-9(13)6-15-16/h6-7H,4-5,8,13H2,1-3H3,(H,14,17).